The van der Waals surface area contributed by atoms with Gasteiger partial charge in [0.2, 0.25) is 0 Å². The predicted octanol–water partition coefficient (Wildman–Crippen LogP) is 1.74. The van der Waals surface area contributed by atoms with Crippen LogP contribution in [0, 0.1) is 0 Å². The molecule has 0 bridgehead atoms. The van der Waals surface area contributed by atoms with Crippen LogP contribution in [-0.2, 0) is 22.8 Å². The maximum atomic E-state index is 10.3. The fourth-order valence-electron chi connectivity index (χ4n) is 0.574. The van der Waals surface area contributed by atoms with E-state index in [1.54, 1.807) is 27.4 Å². The van der Waals surface area contributed by atoms with Gasteiger partial charge in [0, 0.05) is 27.4 Å². The topological polar surface area (TPSA) is 54.0 Å². The summed E-state index contributed by atoms with van der Waals surface area (Å²) in [6, 6.07) is 0. The molecule has 0 aromatic rings. The van der Waals surface area contributed by atoms with Gasteiger partial charge < -0.3 is 18.0 Å². The summed E-state index contributed by atoms with van der Waals surface area (Å²) in [6.45, 7) is 11.4. The van der Waals surface area contributed by atoms with Crippen LogP contribution in [0.5, 0.6) is 0 Å². The maximum absolute atomic E-state index is 10.3. The van der Waals surface area contributed by atoms with Crippen molar-refractivity contribution in [2.45, 2.75) is 6.92 Å². The number of hydrogen-bond donors (Lipinski definition) is 0. The Labute approximate surface area is 112 Å². The lowest BCUT2D eigenvalue weighted by Gasteiger charge is -2.05. The van der Waals surface area contributed by atoms with Crippen LogP contribution in [0.3, 0.4) is 0 Å². The molecule has 0 aliphatic rings. The van der Waals surface area contributed by atoms with Crippen molar-refractivity contribution in [2.24, 2.45) is 0 Å². The van der Waals surface area contributed by atoms with E-state index < -0.39 is 9.53 Å². The molecule has 0 rings (SSSR count). The van der Waals surface area contributed by atoms with Crippen LogP contribution >= 0.6 is 0 Å². The van der Waals surface area contributed by atoms with Crippen LogP contribution in [0.2, 0.25) is 0 Å². The molecule has 0 spiro atoms. The second kappa shape index (κ2) is 21.1. The third-order valence-electron chi connectivity index (χ3n) is 1.30. The van der Waals surface area contributed by atoms with Crippen molar-refractivity contribution in [2.75, 3.05) is 27.9 Å². The number of carbonyl (C=O) groups excluding carboxylic acids is 1. The minimum absolute atomic E-state index is 0.335. The lowest BCUT2D eigenvalue weighted by Crippen LogP contribution is -2.21. The van der Waals surface area contributed by atoms with Crippen LogP contribution in [0.4, 0.5) is 0 Å². The van der Waals surface area contributed by atoms with Crippen molar-refractivity contribution in [3.8, 4) is 0 Å². The molecule has 0 radical (unpaired) electrons. The van der Waals surface area contributed by atoms with E-state index in [0.717, 1.165) is 6.08 Å². The number of esters is 1. The van der Waals surface area contributed by atoms with Gasteiger partial charge in [-0.1, -0.05) is 18.7 Å². The summed E-state index contributed by atoms with van der Waals surface area (Å²) >= 11 is 0. The maximum Gasteiger partial charge on any atom is 0.483 e. The molecule has 0 unspecified atom stereocenters. The fraction of sp³-hybridized carbons (Fsp3) is 0.417. The Hall–Kier alpha value is -1.21. The molecule has 0 aliphatic carbocycles. The van der Waals surface area contributed by atoms with Crippen molar-refractivity contribution in [1.82, 2.24) is 0 Å². The molecular formula is C12H24O5Si. The van der Waals surface area contributed by atoms with Gasteiger partial charge in [0.05, 0.1) is 0 Å². The Kier molecular flexibility index (Phi) is 25.8. The van der Waals surface area contributed by atoms with Gasteiger partial charge in [-0.3, -0.25) is 0 Å². The molecule has 0 N–H and O–H groups in total. The molecule has 0 saturated carbocycles. The number of rotatable bonds is 6. The highest BCUT2D eigenvalue weighted by molar-refractivity contribution is 6.36. The minimum atomic E-state index is -1.67. The number of allylic oxidation sites excluding steroid dienone is 1. The van der Waals surface area contributed by atoms with Gasteiger partial charge in [-0.05, 0) is 6.92 Å². The van der Waals surface area contributed by atoms with Gasteiger partial charge in [-0.2, -0.15) is 0 Å². The van der Waals surface area contributed by atoms with Crippen LogP contribution < -0.4 is 0 Å². The summed E-state index contributed by atoms with van der Waals surface area (Å²) in [4.78, 5) is 10.3. The smallest absolute Gasteiger partial charge is 0.458 e. The highest BCUT2D eigenvalue weighted by Crippen LogP contribution is 1.81. The highest BCUT2D eigenvalue weighted by atomic mass is 28.3. The van der Waals surface area contributed by atoms with E-state index in [1.165, 1.54) is 0 Å². The standard InChI is InChI=1S/C7H10O2.C3H10O3Si.C2H4/c1-3-5-6-9-7(8)4-2;1-4-7(5-2)6-3;1-2/h3-5H,2,6H2,1H3;7H,1-3H3;1-2H2. The predicted molar refractivity (Wildman–Crippen MR) is 75.4 cm³/mol. The third kappa shape index (κ3) is 20.2. The second-order valence-electron chi connectivity index (χ2n) is 2.40. The van der Waals surface area contributed by atoms with E-state index in [9.17, 15) is 4.79 Å². The van der Waals surface area contributed by atoms with Gasteiger partial charge in [0.1, 0.15) is 6.61 Å². The molecule has 0 heterocycles. The molecule has 0 saturated heterocycles. The fourth-order valence-corrected chi connectivity index (χ4v) is 1.15. The zero-order chi connectivity index (χ0) is 14.8. The molecular weight excluding hydrogens is 252 g/mol. The Morgan fingerprint density at radius 1 is 1.17 bits per heavy atom. The Balaban J connectivity index is -0.000000225. The number of hydrogen-bond acceptors (Lipinski definition) is 5. The molecule has 0 aromatic carbocycles. The summed E-state index contributed by atoms with van der Waals surface area (Å²) in [7, 11) is 3.05. The SMILES string of the molecule is C=C.C=CC(=O)OCC=CC.CO[SiH](OC)OC. The molecule has 0 aromatic heterocycles. The highest BCUT2D eigenvalue weighted by Gasteiger charge is 2.04. The quantitative estimate of drug-likeness (QED) is 0.320. The first kappa shape index (κ1) is 22.0. The van der Waals surface area contributed by atoms with E-state index in [1.807, 2.05) is 13.0 Å². The van der Waals surface area contributed by atoms with Gasteiger partial charge in [0.15, 0.2) is 0 Å². The molecule has 0 atom stereocenters. The average Bonchev–Trinajstić information content (AvgIpc) is 2.44. The molecule has 0 amide bonds. The zero-order valence-electron chi connectivity index (χ0n) is 11.7. The van der Waals surface area contributed by atoms with E-state index in [-0.39, 0.29) is 5.97 Å². The largest absolute Gasteiger partial charge is 0.483 e. The average molecular weight is 276 g/mol. The van der Waals surface area contributed by atoms with Crippen molar-refractivity contribution in [3.05, 3.63) is 38.0 Å². The lowest BCUT2D eigenvalue weighted by atomic mass is 10.5. The first-order valence-corrected chi connectivity index (χ1v) is 6.56. The molecule has 106 valence electrons. The van der Waals surface area contributed by atoms with Crippen LogP contribution in [0.15, 0.2) is 38.0 Å². The lowest BCUT2D eigenvalue weighted by molar-refractivity contribution is -0.136. The minimum Gasteiger partial charge on any atom is -0.458 e. The van der Waals surface area contributed by atoms with E-state index in [4.69, 9.17) is 13.3 Å². The first-order valence-electron chi connectivity index (χ1n) is 5.14. The summed E-state index contributed by atoms with van der Waals surface area (Å²) in [5.74, 6) is -0.381. The zero-order valence-corrected chi connectivity index (χ0v) is 12.8. The first-order chi connectivity index (χ1) is 8.65. The van der Waals surface area contributed by atoms with E-state index >= 15 is 0 Å². The molecule has 0 aliphatic heterocycles. The summed E-state index contributed by atoms with van der Waals surface area (Å²) in [6.07, 6.45) is 4.71. The Bertz CT molecular complexity index is 209. The van der Waals surface area contributed by atoms with Crippen molar-refractivity contribution in [1.29, 1.82) is 0 Å². The van der Waals surface area contributed by atoms with Crippen molar-refractivity contribution in [3.63, 3.8) is 0 Å². The van der Waals surface area contributed by atoms with E-state index in [0.29, 0.717) is 6.61 Å². The van der Waals surface area contributed by atoms with Crippen molar-refractivity contribution < 1.29 is 22.8 Å². The molecule has 6 heteroatoms. The van der Waals surface area contributed by atoms with Gasteiger partial charge >= 0.3 is 15.5 Å². The monoisotopic (exact) mass is 276 g/mol. The van der Waals surface area contributed by atoms with Crippen LogP contribution in [0.25, 0.3) is 0 Å². The number of carbonyl (C=O) groups is 1. The van der Waals surface area contributed by atoms with Crippen LogP contribution in [0.1, 0.15) is 6.92 Å². The molecule has 5 nitrogen and oxygen atoms in total. The van der Waals surface area contributed by atoms with Gasteiger partial charge in [-0.15, -0.1) is 13.2 Å². The third-order valence-corrected chi connectivity index (χ3v) is 2.46. The Morgan fingerprint density at radius 3 is 1.83 bits per heavy atom. The van der Waals surface area contributed by atoms with Crippen molar-refractivity contribution >= 4 is 15.5 Å². The normalized spacial score (nSPS) is 8.94. The summed E-state index contributed by atoms with van der Waals surface area (Å²) < 4.78 is 18.8. The van der Waals surface area contributed by atoms with Gasteiger partial charge in [0.25, 0.3) is 0 Å². The van der Waals surface area contributed by atoms with Crippen LogP contribution in [-0.4, -0.2) is 43.4 Å². The second-order valence-corrected chi connectivity index (χ2v) is 4.39. The molecule has 0 fully saturated rings. The van der Waals surface area contributed by atoms with E-state index in [2.05, 4.69) is 24.5 Å². The molecule has 18 heavy (non-hydrogen) atoms. The summed E-state index contributed by atoms with van der Waals surface area (Å²) in [5, 5.41) is 0. The number of ether oxygens (including phenoxy) is 1. The summed E-state index contributed by atoms with van der Waals surface area (Å²) in [5.41, 5.74) is 0. The Morgan fingerprint density at radius 2 is 1.61 bits per heavy atom. The van der Waals surface area contributed by atoms with Gasteiger partial charge in [-0.25, -0.2) is 4.79 Å².